The molecular formula is C17H16ClNO2S. The number of sulfonamides is 1. The van der Waals surface area contributed by atoms with Crippen molar-refractivity contribution in [1.82, 2.24) is 0 Å². The van der Waals surface area contributed by atoms with Crippen LogP contribution in [-0.2, 0) is 10.0 Å². The second-order valence-electron chi connectivity index (χ2n) is 5.42. The molecule has 5 heteroatoms. The van der Waals surface area contributed by atoms with E-state index in [1.165, 1.54) is 4.31 Å². The van der Waals surface area contributed by atoms with Gasteiger partial charge in [0, 0.05) is 10.6 Å². The molecule has 22 heavy (non-hydrogen) atoms. The van der Waals surface area contributed by atoms with E-state index >= 15 is 0 Å². The van der Waals surface area contributed by atoms with Crippen molar-refractivity contribution in [2.24, 2.45) is 0 Å². The Morgan fingerprint density at radius 3 is 2.32 bits per heavy atom. The molecule has 1 aliphatic rings. The minimum Gasteiger partial charge on any atom is -0.262 e. The molecule has 0 N–H and O–H groups in total. The summed E-state index contributed by atoms with van der Waals surface area (Å²) in [5.74, 6) is 0. The molecule has 0 spiro atoms. The lowest BCUT2D eigenvalue weighted by atomic mass is 10.1. The van der Waals surface area contributed by atoms with E-state index in [4.69, 9.17) is 11.6 Å². The van der Waals surface area contributed by atoms with Gasteiger partial charge in [-0.3, -0.25) is 4.31 Å². The van der Waals surface area contributed by atoms with Crippen molar-refractivity contribution in [3.8, 4) is 0 Å². The number of nitrogens with zero attached hydrogens (tertiary/aromatic N) is 1. The fraction of sp³-hybridized carbons (Fsp3) is 0.176. The molecule has 2 aromatic rings. The average Bonchev–Trinajstić information content (AvgIpc) is 2.48. The lowest BCUT2D eigenvalue weighted by Crippen LogP contribution is -2.33. The topological polar surface area (TPSA) is 37.4 Å². The number of anilines is 1. The van der Waals surface area contributed by atoms with Gasteiger partial charge in [0.25, 0.3) is 10.0 Å². The monoisotopic (exact) mass is 333 g/mol. The molecule has 114 valence electrons. The molecule has 0 saturated carbocycles. The molecule has 1 heterocycles. The van der Waals surface area contributed by atoms with E-state index in [0.29, 0.717) is 10.7 Å². The highest BCUT2D eigenvalue weighted by molar-refractivity contribution is 7.92. The molecule has 3 rings (SSSR count). The van der Waals surface area contributed by atoms with Gasteiger partial charge in [0.15, 0.2) is 0 Å². The summed E-state index contributed by atoms with van der Waals surface area (Å²) in [7, 11) is -3.60. The third-order valence-corrected chi connectivity index (χ3v) is 5.88. The maximum atomic E-state index is 12.9. The summed E-state index contributed by atoms with van der Waals surface area (Å²) < 4.78 is 27.2. The Morgan fingerprint density at radius 2 is 1.64 bits per heavy atom. The third kappa shape index (κ3) is 2.53. The van der Waals surface area contributed by atoms with E-state index in [2.05, 4.69) is 0 Å². The summed E-state index contributed by atoms with van der Waals surface area (Å²) in [6.45, 7) is 4.13. The number of halogens is 1. The van der Waals surface area contributed by atoms with E-state index in [1.807, 2.05) is 32.0 Å². The zero-order chi connectivity index (χ0) is 15.9. The maximum absolute atomic E-state index is 12.9. The molecule has 0 amide bonds. The van der Waals surface area contributed by atoms with Gasteiger partial charge in [-0.1, -0.05) is 40.9 Å². The van der Waals surface area contributed by atoms with Crippen molar-refractivity contribution < 1.29 is 8.42 Å². The van der Waals surface area contributed by atoms with Crippen LogP contribution in [0.4, 0.5) is 5.69 Å². The summed E-state index contributed by atoms with van der Waals surface area (Å²) in [5.41, 5.74) is 3.44. The van der Waals surface area contributed by atoms with E-state index in [1.54, 1.807) is 30.3 Å². The largest absolute Gasteiger partial charge is 0.264 e. The summed E-state index contributed by atoms with van der Waals surface area (Å²) in [6, 6.07) is 12.5. The lowest BCUT2D eigenvalue weighted by molar-refractivity contribution is 0.592. The Bertz CT molecular complexity index is 855. The molecule has 3 nitrogen and oxygen atoms in total. The van der Waals surface area contributed by atoms with E-state index in [9.17, 15) is 8.42 Å². The first kappa shape index (κ1) is 15.1. The van der Waals surface area contributed by atoms with E-state index < -0.39 is 10.0 Å². The molecule has 0 fully saturated rings. The molecule has 0 bridgehead atoms. The van der Waals surface area contributed by atoms with Crippen LogP contribution in [0.25, 0.3) is 5.03 Å². The van der Waals surface area contributed by atoms with Gasteiger partial charge in [-0.15, -0.1) is 0 Å². The molecular weight excluding hydrogens is 318 g/mol. The van der Waals surface area contributed by atoms with E-state index in [-0.39, 0.29) is 11.4 Å². The first-order valence-electron chi connectivity index (χ1n) is 6.96. The van der Waals surface area contributed by atoms with Gasteiger partial charge in [0.05, 0.1) is 17.1 Å². The van der Waals surface area contributed by atoms with Crippen LogP contribution in [0.1, 0.15) is 16.7 Å². The maximum Gasteiger partial charge on any atom is 0.264 e. The SMILES string of the molecule is Cc1ccc(S(=O)(=O)N2CC=C(Cl)c3cc(C)ccc32)cc1. The highest BCUT2D eigenvalue weighted by atomic mass is 35.5. The van der Waals surface area contributed by atoms with Crippen LogP contribution in [-0.4, -0.2) is 15.0 Å². The van der Waals surface area contributed by atoms with Crippen molar-refractivity contribution in [2.75, 3.05) is 10.8 Å². The van der Waals surface area contributed by atoms with Gasteiger partial charge in [0.1, 0.15) is 0 Å². The minimum absolute atomic E-state index is 0.241. The number of aryl methyl sites for hydroxylation is 2. The van der Waals surface area contributed by atoms with Gasteiger partial charge < -0.3 is 0 Å². The molecule has 0 atom stereocenters. The average molecular weight is 334 g/mol. The first-order valence-corrected chi connectivity index (χ1v) is 8.77. The highest BCUT2D eigenvalue weighted by Gasteiger charge is 2.29. The Hall–Kier alpha value is -1.78. The van der Waals surface area contributed by atoms with Crippen LogP contribution >= 0.6 is 11.6 Å². The first-order chi connectivity index (χ1) is 10.4. The normalized spacial score (nSPS) is 14.5. The molecule has 0 radical (unpaired) electrons. The molecule has 0 aliphatic carbocycles. The summed E-state index contributed by atoms with van der Waals surface area (Å²) >= 11 is 6.24. The van der Waals surface area contributed by atoms with Crippen LogP contribution in [0.3, 0.4) is 0 Å². The van der Waals surface area contributed by atoms with E-state index in [0.717, 1.165) is 16.7 Å². The smallest absolute Gasteiger partial charge is 0.262 e. The number of hydrogen-bond acceptors (Lipinski definition) is 2. The molecule has 1 aliphatic heterocycles. The van der Waals surface area contributed by atoms with Crippen LogP contribution in [0, 0.1) is 13.8 Å². The molecule has 2 aromatic carbocycles. The molecule has 0 aromatic heterocycles. The zero-order valence-electron chi connectivity index (χ0n) is 12.4. The van der Waals surface area contributed by atoms with Crippen molar-refractivity contribution in [1.29, 1.82) is 0 Å². The second kappa shape index (κ2) is 5.45. The fourth-order valence-corrected chi connectivity index (χ4v) is 4.14. The highest BCUT2D eigenvalue weighted by Crippen LogP contribution is 2.37. The van der Waals surface area contributed by atoms with Crippen LogP contribution in [0.2, 0.25) is 0 Å². The number of fused-ring (bicyclic) bond motifs is 1. The number of benzene rings is 2. The zero-order valence-corrected chi connectivity index (χ0v) is 13.9. The van der Waals surface area contributed by atoms with Crippen molar-refractivity contribution >= 4 is 32.3 Å². The van der Waals surface area contributed by atoms with Gasteiger partial charge in [0.2, 0.25) is 0 Å². The summed E-state index contributed by atoms with van der Waals surface area (Å²) in [5, 5.41) is 0.592. The molecule has 0 unspecified atom stereocenters. The minimum atomic E-state index is -3.60. The standard InChI is InChI=1S/C17H16ClNO2S/c1-12-3-6-14(7-4-12)22(20,21)19-10-9-16(18)15-11-13(2)5-8-17(15)19/h3-9,11H,10H2,1-2H3. The van der Waals surface area contributed by atoms with Crippen molar-refractivity contribution in [3.05, 3.63) is 65.2 Å². The third-order valence-electron chi connectivity index (χ3n) is 3.72. The van der Waals surface area contributed by atoms with Gasteiger partial charge in [-0.2, -0.15) is 0 Å². The van der Waals surface area contributed by atoms with Crippen molar-refractivity contribution in [3.63, 3.8) is 0 Å². The Morgan fingerprint density at radius 1 is 1.00 bits per heavy atom. The predicted molar refractivity (Wildman–Crippen MR) is 90.7 cm³/mol. The van der Waals surface area contributed by atoms with Crippen LogP contribution in [0.15, 0.2) is 53.4 Å². The number of rotatable bonds is 2. The quantitative estimate of drug-likeness (QED) is 0.830. The summed E-state index contributed by atoms with van der Waals surface area (Å²) in [4.78, 5) is 0.288. The van der Waals surface area contributed by atoms with Crippen LogP contribution in [0.5, 0.6) is 0 Å². The Balaban J connectivity index is 2.12. The lowest BCUT2D eigenvalue weighted by Gasteiger charge is -2.29. The number of hydrogen-bond donors (Lipinski definition) is 0. The fourth-order valence-electron chi connectivity index (χ4n) is 2.50. The summed E-state index contributed by atoms with van der Waals surface area (Å²) in [6.07, 6.45) is 1.73. The van der Waals surface area contributed by atoms with Crippen LogP contribution < -0.4 is 4.31 Å². The van der Waals surface area contributed by atoms with Gasteiger partial charge in [-0.25, -0.2) is 8.42 Å². The molecule has 0 saturated heterocycles. The van der Waals surface area contributed by atoms with Gasteiger partial charge in [-0.05, 0) is 44.2 Å². The second-order valence-corrected chi connectivity index (χ2v) is 7.69. The Labute approximate surface area is 135 Å². The Kier molecular flexibility index (Phi) is 3.75. The van der Waals surface area contributed by atoms with Crippen molar-refractivity contribution in [2.45, 2.75) is 18.7 Å². The predicted octanol–water partition coefficient (Wildman–Crippen LogP) is 4.09. The van der Waals surface area contributed by atoms with Gasteiger partial charge >= 0.3 is 0 Å².